The molecule has 0 aromatic heterocycles. The van der Waals surface area contributed by atoms with Crippen molar-refractivity contribution in [2.75, 3.05) is 9.80 Å². The van der Waals surface area contributed by atoms with Gasteiger partial charge in [0.2, 0.25) is 0 Å². The molecular formula is C80H74F2N2. The molecule has 0 heterocycles. The molecular weight excluding hydrogens is 1030 g/mol. The second-order valence-corrected chi connectivity index (χ2v) is 26.1. The Kier molecular flexibility index (Phi) is 11.2. The summed E-state index contributed by atoms with van der Waals surface area (Å²) in [6.07, 6.45) is 0. The van der Waals surface area contributed by atoms with Gasteiger partial charge < -0.3 is 9.80 Å². The summed E-state index contributed by atoms with van der Waals surface area (Å²) in [6.45, 7) is 25.3. The van der Waals surface area contributed by atoms with Gasteiger partial charge in [0.1, 0.15) is 11.6 Å². The van der Waals surface area contributed by atoms with Crippen molar-refractivity contribution in [3.63, 3.8) is 0 Å². The highest BCUT2D eigenvalue weighted by Crippen LogP contribution is 2.52. The maximum Gasteiger partial charge on any atom is 0.147 e. The number of hydrogen-bond donors (Lipinski definition) is 0. The van der Waals surface area contributed by atoms with E-state index in [1.807, 2.05) is 121 Å². The highest BCUT2D eigenvalue weighted by molar-refractivity contribution is 6.28. The molecule has 0 spiro atoms. The van der Waals surface area contributed by atoms with Crippen LogP contribution in [0.25, 0.3) is 76.8 Å². The Morgan fingerprint density at radius 3 is 0.869 bits per heavy atom. The third kappa shape index (κ3) is 10.00. The summed E-state index contributed by atoms with van der Waals surface area (Å²) in [5, 5.41) is 3.59. The van der Waals surface area contributed by atoms with Gasteiger partial charge in [-0.1, -0.05) is 253 Å². The van der Waals surface area contributed by atoms with Crippen LogP contribution < -0.4 is 9.80 Å². The van der Waals surface area contributed by atoms with E-state index >= 15 is 8.78 Å². The first kappa shape index (κ1) is 44.7. The van der Waals surface area contributed by atoms with Gasteiger partial charge >= 0.3 is 0 Å². The molecule has 0 bridgehead atoms. The highest BCUT2D eigenvalue weighted by Gasteiger charge is 2.31. The molecule has 2 nitrogen and oxygen atoms in total. The van der Waals surface area contributed by atoms with Crippen LogP contribution >= 0.6 is 0 Å². The molecule has 0 fully saturated rings. The number of nitrogens with zero attached hydrogens (tertiary/aromatic N) is 2. The third-order valence-corrected chi connectivity index (χ3v) is 16.3. The predicted molar refractivity (Wildman–Crippen MR) is 356 cm³/mol. The van der Waals surface area contributed by atoms with Gasteiger partial charge in [0.15, 0.2) is 0 Å². The van der Waals surface area contributed by atoms with Crippen LogP contribution in [0.5, 0.6) is 0 Å². The molecule has 12 rings (SSSR count). The zero-order valence-corrected chi connectivity index (χ0v) is 49.8. The number of benzene rings is 12. The van der Waals surface area contributed by atoms with Crippen molar-refractivity contribution in [3.8, 4) is 44.5 Å². The fourth-order valence-electron chi connectivity index (χ4n) is 12.5. The molecule has 0 atom stereocenters. The van der Waals surface area contributed by atoms with E-state index in [1.165, 1.54) is 21.9 Å². The van der Waals surface area contributed by atoms with E-state index in [2.05, 4.69) is 95.2 Å². The van der Waals surface area contributed by atoms with E-state index < -0.39 is 82.9 Å². The summed E-state index contributed by atoms with van der Waals surface area (Å²) in [6, 6.07) is 47.0. The second-order valence-electron chi connectivity index (χ2n) is 26.1. The van der Waals surface area contributed by atoms with Crippen LogP contribution in [-0.4, -0.2) is 0 Å². The molecule has 12 aromatic rings. The molecule has 0 radical (unpaired) electrons. The average Bonchev–Trinajstić information content (AvgIpc) is 0.712. The minimum atomic E-state index is -0.732. The molecule has 0 amide bonds. The minimum absolute atomic E-state index is 0.0924. The van der Waals surface area contributed by atoms with Crippen LogP contribution in [0.15, 0.2) is 230 Å². The molecule has 12 aromatic carbocycles. The van der Waals surface area contributed by atoms with Crippen LogP contribution in [-0.2, 0) is 21.7 Å². The molecule has 84 heavy (non-hydrogen) atoms. The van der Waals surface area contributed by atoms with Gasteiger partial charge in [0.25, 0.3) is 0 Å². The predicted octanol–water partition coefficient (Wildman–Crippen LogP) is 23.7. The molecule has 0 saturated heterocycles. The lowest BCUT2D eigenvalue weighted by Gasteiger charge is -2.31. The first-order valence-electron chi connectivity index (χ1n) is 33.7. The third-order valence-electron chi connectivity index (χ3n) is 16.3. The summed E-state index contributed by atoms with van der Waals surface area (Å²) in [4.78, 5) is 2.88. The first-order chi connectivity index (χ1) is 44.2. The summed E-state index contributed by atoms with van der Waals surface area (Å²) in [5.74, 6) is -1.46. The maximum atomic E-state index is 18.6. The molecule has 0 unspecified atom stereocenters. The standard InChI is InChI=1S/C80H74F2N2/c1-77(2,3)65-35-23-19-31-55(65)61-47-69(81)73(49-63(61)57-33-21-25-37-67(57)79(7,8)9)83(53-27-15-13-16-28-53)71-45-41-51-40-44-60-72(46-42-52-39-43-59(71)75(51)76(52)60)84(54-29-17-14-18-30-54)74-50-64(58-34-22-26-38-68(58)80(10,11)12)62(48-70(74)82)56-32-20-24-36-66(56)78(4,5)6/h13-50H,1-12H3/i13D,14D,15D,16D,17D,18D,27D,28D,29D,30D. The van der Waals surface area contributed by atoms with Gasteiger partial charge in [-0.15, -0.1) is 0 Å². The summed E-state index contributed by atoms with van der Waals surface area (Å²) in [5.41, 5.74) is 7.82. The topological polar surface area (TPSA) is 6.48 Å². The fourth-order valence-corrected chi connectivity index (χ4v) is 12.5. The molecule has 0 saturated carbocycles. The number of para-hydroxylation sites is 2. The molecule has 0 N–H and O–H groups in total. The Labute approximate surface area is 510 Å². The van der Waals surface area contributed by atoms with Gasteiger partial charge in [-0.2, -0.15) is 0 Å². The van der Waals surface area contributed by atoms with Crippen molar-refractivity contribution in [2.45, 2.75) is 105 Å². The van der Waals surface area contributed by atoms with Gasteiger partial charge in [-0.3, -0.25) is 0 Å². The Balaban J connectivity index is 1.20. The van der Waals surface area contributed by atoms with Gasteiger partial charge in [-0.05, 0) is 171 Å². The van der Waals surface area contributed by atoms with Crippen molar-refractivity contribution < 1.29 is 22.5 Å². The van der Waals surface area contributed by atoms with Crippen molar-refractivity contribution >= 4 is 66.4 Å². The Bertz CT molecular complexity index is 4690. The van der Waals surface area contributed by atoms with Crippen molar-refractivity contribution in [2.24, 2.45) is 0 Å². The number of anilines is 6. The maximum absolute atomic E-state index is 18.6. The normalized spacial score (nSPS) is 14.1. The molecule has 0 aliphatic heterocycles. The number of hydrogen-bond acceptors (Lipinski definition) is 2. The van der Waals surface area contributed by atoms with Crippen LogP contribution in [0.3, 0.4) is 0 Å². The van der Waals surface area contributed by atoms with E-state index in [4.69, 9.17) is 8.22 Å². The van der Waals surface area contributed by atoms with E-state index in [0.29, 0.717) is 54.6 Å². The zero-order valence-electron chi connectivity index (χ0n) is 59.8. The van der Waals surface area contributed by atoms with Gasteiger partial charge in [0.05, 0.1) is 36.5 Å². The second kappa shape index (κ2) is 21.1. The summed E-state index contributed by atoms with van der Waals surface area (Å²) < 4.78 is 130. The largest absolute Gasteiger partial charge is 0.307 e. The number of rotatable bonds is 10. The lowest BCUT2D eigenvalue weighted by atomic mass is 9.77. The monoisotopic (exact) mass is 1110 g/mol. The summed E-state index contributed by atoms with van der Waals surface area (Å²) >= 11 is 0. The van der Waals surface area contributed by atoms with Crippen molar-refractivity contribution in [1.82, 2.24) is 0 Å². The quantitative estimate of drug-likeness (QED) is 0.126. The van der Waals surface area contributed by atoms with E-state index in [0.717, 1.165) is 44.5 Å². The van der Waals surface area contributed by atoms with Crippen LogP contribution in [0.2, 0.25) is 0 Å². The Morgan fingerprint density at radius 2 is 0.571 bits per heavy atom. The van der Waals surface area contributed by atoms with Gasteiger partial charge in [-0.25, -0.2) is 8.78 Å². The summed E-state index contributed by atoms with van der Waals surface area (Å²) in [7, 11) is 0. The van der Waals surface area contributed by atoms with Gasteiger partial charge in [0, 0.05) is 22.1 Å². The lowest BCUT2D eigenvalue weighted by molar-refractivity contribution is 0.590. The SMILES string of the molecule is [2H]c1c([2H])c([2H])c(N(c2cc(-c3ccccc3C(C)(C)C)c(-c3ccccc3C(C)(C)C)cc2F)c2ccc3ccc4c(N(c5cc(-c6ccccc6C(C)(C)C)c(-c6ccccc6C(C)(C)C)cc5F)c5c([2H])c([2H])c([2H])c([2H])c5[2H])ccc5ccc2c3c54)c([2H])c1[2H]. The molecule has 0 aliphatic carbocycles. The van der Waals surface area contributed by atoms with Crippen molar-refractivity contribution in [3.05, 3.63) is 264 Å². The van der Waals surface area contributed by atoms with Crippen molar-refractivity contribution in [1.29, 1.82) is 0 Å². The van der Waals surface area contributed by atoms with Crippen LogP contribution in [0, 0.1) is 11.6 Å². The van der Waals surface area contributed by atoms with E-state index in [1.54, 1.807) is 24.3 Å². The minimum Gasteiger partial charge on any atom is -0.307 e. The zero-order chi connectivity index (χ0) is 67.7. The Hall–Kier alpha value is -8.86. The lowest BCUT2D eigenvalue weighted by Crippen LogP contribution is -2.16. The fraction of sp³-hybridized carbons (Fsp3) is 0.200. The molecule has 418 valence electrons. The van der Waals surface area contributed by atoms with Crippen LogP contribution in [0.4, 0.5) is 42.9 Å². The molecule has 0 aliphatic rings. The molecule has 4 heteroatoms. The average molecular weight is 1110 g/mol. The smallest absolute Gasteiger partial charge is 0.147 e. The Morgan fingerprint density at radius 1 is 0.298 bits per heavy atom. The van der Waals surface area contributed by atoms with Crippen LogP contribution in [0.1, 0.15) is 119 Å². The van der Waals surface area contributed by atoms with E-state index in [-0.39, 0.29) is 45.0 Å². The first-order valence-corrected chi connectivity index (χ1v) is 28.7. The highest BCUT2D eigenvalue weighted by atomic mass is 19.1. The number of halogens is 2. The van der Waals surface area contributed by atoms with E-state index in [9.17, 15) is 5.48 Å².